The van der Waals surface area contributed by atoms with Crippen molar-refractivity contribution in [1.82, 2.24) is 4.90 Å². The van der Waals surface area contributed by atoms with E-state index in [1.54, 1.807) is 0 Å². The Morgan fingerprint density at radius 3 is 2.20 bits per heavy atom. The topological polar surface area (TPSA) is 29.3 Å². The molecular formula is C18H30N2. The molecule has 0 amide bonds. The SMILES string of the molecule is CCN(CC1CCC1)CC(N)c1ccc(C(C)C)cc1. The molecule has 2 N–H and O–H groups in total. The highest BCUT2D eigenvalue weighted by molar-refractivity contribution is 5.26. The molecule has 0 spiro atoms. The minimum atomic E-state index is 0.135. The van der Waals surface area contributed by atoms with E-state index in [1.807, 2.05) is 0 Å². The van der Waals surface area contributed by atoms with E-state index in [1.165, 1.54) is 36.9 Å². The Morgan fingerprint density at radius 1 is 1.15 bits per heavy atom. The van der Waals surface area contributed by atoms with Crippen LogP contribution in [0.5, 0.6) is 0 Å². The van der Waals surface area contributed by atoms with Gasteiger partial charge in [-0.05, 0) is 42.3 Å². The molecule has 1 saturated carbocycles. The standard InChI is InChI=1S/C18H30N2/c1-4-20(12-15-6-5-7-15)13-18(19)17-10-8-16(9-11-17)14(2)3/h8-11,14-15,18H,4-7,12-13,19H2,1-3H3. The fraction of sp³-hybridized carbons (Fsp3) is 0.667. The zero-order valence-electron chi connectivity index (χ0n) is 13.3. The van der Waals surface area contributed by atoms with Crippen LogP contribution in [0.15, 0.2) is 24.3 Å². The lowest BCUT2D eigenvalue weighted by Gasteiger charge is -2.33. The van der Waals surface area contributed by atoms with Crippen molar-refractivity contribution in [2.24, 2.45) is 11.7 Å². The molecule has 0 aromatic heterocycles. The van der Waals surface area contributed by atoms with E-state index in [4.69, 9.17) is 5.73 Å². The van der Waals surface area contributed by atoms with Crippen LogP contribution in [0.1, 0.15) is 63.1 Å². The predicted octanol–water partition coefficient (Wildman–Crippen LogP) is 3.93. The third-order valence-electron chi connectivity index (χ3n) is 4.67. The molecule has 1 atom stereocenters. The Morgan fingerprint density at radius 2 is 1.75 bits per heavy atom. The second-order valence-electron chi connectivity index (χ2n) is 6.58. The van der Waals surface area contributed by atoms with Crippen LogP contribution in [0, 0.1) is 5.92 Å². The van der Waals surface area contributed by atoms with Crippen LogP contribution in [0.2, 0.25) is 0 Å². The van der Waals surface area contributed by atoms with Gasteiger partial charge in [-0.15, -0.1) is 0 Å². The van der Waals surface area contributed by atoms with Gasteiger partial charge in [0.05, 0.1) is 0 Å². The molecular weight excluding hydrogens is 244 g/mol. The van der Waals surface area contributed by atoms with Gasteiger partial charge < -0.3 is 10.6 Å². The van der Waals surface area contributed by atoms with Crippen LogP contribution >= 0.6 is 0 Å². The van der Waals surface area contributed by atoms with Gasteiger partial charge in [-0.3, -0.25) is 0 Å². The fourth-order valence-electron chi connectivity index (χ4n) is 2.88. The summed E-state index contributed by atoms with van der Waals surface area (Å²) in [4.78, 5) is 2.52. The molecule has 0 bridgehead atoms. The molecule has 2 nitrogen and oxygen atoms in total. The van der Waals surface area contributed by atoms with E-state index in [9.17, 15) is 0 Å². The third kappa shape index (κ3) is 4.07. The molecule has 112 valence electrons. The summed E-state index contributed by atoms with van der Waals surface area (Å²) >= 11 is 0. The first kappa shape index (κ1) is 15.5. The van der Waals surface area contributed by atoms with E-state index < -0.39 is 0 Å². The minimum absolute atomic E-state index is 0.135. The van der Waals surface area contributed by atoms with Gasteiger partial charge in [-0.2, -0.15) is 0 Å². The van der Waals surface area contributed by atoms with Crippen LogP contribution in [-0.2, 0) is 0 Å². The van der Waals surface area contributed by atoms with Gasteiger partial charge in [-0.1, -0.05) is 51.5 Å². The molecule has 1 aliphatic rings. The summed E-state index contributed by atoms with van der Waals surface area (Å²) < 4.78 is 0. The molecule has 2 rings (SSSR count). The van der Waals surface area contributed by atoms with Crippen molar-refractivity contribution in [2.75, 3.05) is 19.6 Å². The maximum Gasteiger partial charge on any atom is 0.0424 e. The molecule has 1 unspecified atom stereocenters. The number of nitrogens with two attached hydrogens (primary N) is 1. The van der Waals surface area contributed by atoms with Crippen molar-refractivity contribution in [3.63, 3.8) is 0 Å². The second-order valence-corrected chi connectivity index (χ2v) is 6.58. The number of hydrogen-bond donors (Lipinski definition) is 1. The first-order valence-corrected chi connectivity index (χ1v) is 8.18. The Kier molecular flexibility index (Phi) is 5.62. The molecule has 1 aromatic rings. The number of hydrogen-bond acceptors (Lipinski definition) is 2. The fourth-order valence-corrected chi connectivity index (χ4v) is 2.88. The van der Waals surface area contributed by atoms with Gasteiger partial charge in [0.2, 0.25) is 0 Å². The third-order valence-corrected chi connectivity index (χ3v) is 4.67. The highest BCUT2D eigenvalue weighted by atomic mass is 15.1. The maximum absolute atomic E-state index is 6.39. The molecule has 1 fully saturated rings. The van der Waals surface area contributed by atoms with Crippen LogP contribution in [-0.4, -0.2) is 24.5 Å². The molecule has 20 heavy (non-hydrogen) atoms. The Balaban J connectivity index is 1.89. The predicted molar refractivity (Wildman–Crippen MR) is 86.9 cm³/mol. The van der Waals surface area contributed by atoms with Crippen molar-refractivity contribution < 1.29 is 0 Å². The van der Waals surface area contributed by atoms with Gasteiger partial charge in [0.15, 0.2) is 0 Å². The van der Waals surface area contributed by atoms with E-state index in [-0.39, 0.29) is 6.04 Å². The van der Waals surface area contributed by atoms with Crippen molar-refractivity contribution in [2.45, 2.75) is 52.0 Å². The monoisotopic (exact) mass is 274 g/mol. The summed E-state index contributed by atoms with van der Waals surface area (Å²) in [5, 5.41) is 0. The Hall–Kier alpha value is -0.860. The average molecular weight is 274 g/mol. The summed E-state index contributed by atoms with van der Waals surface area (Å²) in [7, 11) is 0. The lowest BCUT2D eigenvalue weighted by atomic mass is 9.85. The molecule has 1 aromatic carbocycles. The first-order valence-electron chi connectivity index (χ1n) is 8.18. The lowest BCUT2D eigenvalue weighted by Crippen LogP contribution is -2.37. The molecule has 0 radical (unpaired) electrons. The second kappa shape index (κ2) is 7.24. The highest BCUT2D eigenvalue weighted by Gasteiger charge is 2.21. The van der Waals surface area contributed by atoms with Crippen LogP contribution in [0.4, 0.5) is 0 Å². The summed E-state index contributed by atoms with van der Waals surface area (Å²) in [5.41, 5.74) is 9.05. The summed E-state index contributed by atoms with van der Waals surface area (Å²) in [6.45, 7) is 10.0. The van der Waals surface area contributed by atoms with Crippen LogP contribution in [0.3, 0.4) is 0 Å². The van der Waals surface area contributed by atoms with Crippen molar-refractivity contribution in [3.8, 4) is 0 Å². The summed E-state index contributed by atoms with van der Waals surface area (Å²) in [5.74, 6) is 1.51. The zero-order chi connectivity index (χ0) is 14.5. The minimum Gasteiger partial charge on any atom is -0.323 e. The van der Waals surface area contributed by atoms with E-state index in [2.05, 4.69) is 49.9 Å². The molecule has 0 aliphatic heterocycles. The molecule has 0 heterocycles. The largest absolute Gasteiger partial charge is 0.323 e. The number of likely N-dealkylation sites (N-methyl/N-ethyl adjacent to an activating group) is 1. The molecule has 2 heteroatoms. The molecule has 0 saturated heterocycles. The smallest absolute Gasteiger partial charge is 0.0424 e. The van der Waals surface area contributed by atoms with Gasteiger partial charge in [-0.25, -0.2) is 0 Å². The average Bonchev–Trinajstić information content (AvgIpc) is 2.41. The van der Waals surface area contributed by atoms with Crippen molar-refractivity contribution in [1.29, 1.82) is 0 Å². The van der Waals surface area contributed by atoms with Crippen molar-refractivity contribution >= 4 is 0 Å². The van der Waals surface area contributed by atoms with Gasteiger partial charge in [0.25, 0.3) is 0 Å². The molecule has 1 aliphatic carbocycles. The van der Waals surface area contributed by atoms with Crippen LogP contribution < -0.4 is 5.73 Å². The number of rotatable bonds is 7. The summed E-state index contributed by atoms with van der Waals surface area (Å²) in [6.07, 6.45) is 4.24. The number of benzene rings is 1. The van der Waals surface area contributed by atoms with E-state index in [0.717, 1.165) is 19.0 Å². The van der Waals surface area contributed by atoms with Crippen molar-refractivity contribution in [3.05, 3.63) is 35.4 Å². The first-order chi connectivity index (χ1) is 9.60. The normalized spacial score (nSPS) is 17.5. The quantitative estimate of drug-likeness (QED) is 0.816. The summed E-state index contributed by atoms with van der Waals surface area (Å²) in [6, 6.07) is 9.00. The lowest BCUT2D eigenvalue weighted by molar-refractivity contribution is 0.176. The van der Waals surface area contributed by atoms with Crippen LogP contribution in [0.25, 0.3) is 0 Å². The maximum atomic E-state index is 6.39. The van der Waals surface area contributed by atoms with Gasteiger partial charge in [0, 0.05) is 19.1 Å². The Bertz CT molecular complexity index is 392. The number of nitrogens with zero attached hydrogens (tertiary/aromatic N) is 1. The van der Waals surface area contributed by atoms with Gasteiger partial charge in [0.1, 0.15) is 0 Å². The van der Waals surface area contributed by atoms with E-state index in [0.29, 0.717) is 5.92 Å². The van der Waals surface area contributed by atoms with Gasteiger partial charge >= 0.3 is 0 Å². The Labute approximate surface area is 124 Å². The zero-order valence-corrected chi connectivity index (χ0v) is 13.3. The highest BCUT2D eigenvalue weighted by Crippen LogP contribution is 2.27. The van der Waals surface area contributed by atoms with E-state index >= 15 is 0 Å².